The van der Waals surface area contributed by atoms with Crippen LogP contribution >= 0.6 is 11.6 Å². The zero-order valence-electron chi connectivity index (χ0n) is 27.4. The van der Waals surface area contributed by atoms with Crippen LogP contribution in [0.2, 0.25) is 5.02 Å². The number of aromatic nitrogens is 3. The molecule has 0 saturated heterocycles. The number of ether oxygens (including phenoxy) is 1. The first kappa shape index (κ1) is 39.0. The average molecular weight is 781 g/mol. The van der Waals surface area contributed by atoms with Crippen molar-refractivity contribution in [2.45, 2.75) is 37.0 Å². The highest BCUT2D eigenvalue weighted by Gasteiger charge is 2.45. The number of benzene rings is 3. The Hall–Kier alpha value is -6.18. The zero-order valence-corrected chi connectivity index (χ0v) is 28.1. The maximum absolute atomic E-state index is 13.8. The van der Waals surface area contributed by atoms with Crippen molar-refractivity contribution < 1.29 is 55.4 Å². The first-order valence-electron chi connectivity index (χ1n) is 15.7. The van der Waals surface area contributed by atoms with Crippen molar-refractivity contribution >= 4 is 58.6 Å². The van der Waals surface area contributed by atoms with Gasteiger partial charge in [0.05, 0.1) is 11.2 Å². The lowest BCUT2D eigenvalue weighted by molar-refractivity contribution is -0.154. The number of aliphatic carboxylic acids is 1. The van der Waals surface area contributed by atoms with Gasteiger partial charge in [0.25, 0.3) is 5.91 Å². The molecule has 1 aliphatic rings. The van der Waals surface area contributed by atoms with Gasteiger partial charge in [-0.25, -0.2) is 18.0 Å². The monoisotopic (exact) mass is 780 g/mol. The minimum absolute atomic E-state index is 0.0189. The van der Waals surface area contributed by atoms with Gasteiger partial charge in [0.2, 0.25) is 11.9 Å². The number of anilines is 4. The van der Waals surface area contributed by atoms with Gasteiger partial charge in [-0.3, -0.25) is 14.4 Å². The number of carboxylic acid groups (broad SMARTS) is 1. The molecule has 0 unspecified atom stereocenters. The van der Waals surface area contributed by atoms with E-state index in [2.05, 4.69) is 36.2 Å². The van der Waals surface area contributed by atoms with Crippen LogP contribution in [-0.4, -0.2) is 69.1 Å². The van der Waals surface area contributed by atoms with Crippen LogP contribution in [-0.2, 0) is 19.9 Å². The number of carbonyl (C=O) groups excluding carboxylic acids is 3. The lowest BCUT2D eigenvalue weighted by Gasteiger charge is -2.19. The summed E-state index contributed by atoms with van der Waals surface area (Å²) in [6.07, 6.45) is -3.74. The Kier molecular flexibility index (Phi) is 11.7. The number of halogens is 7. The van der Waals surface area contributed by atoms with Gasteiger partial charge in [-0.2, -0.15) is 28.1 Å². The summed E-state index contributed by atoms with van der Waals surface area (Å²) in [7, 11) is 0. The van der Waals surface area contributed by atoms with E-state index in [1.54, 1.807) is 29.6 Å². The third-order valence-corrected chi connectivity index (χ3v) is 7.94. The molecule has 1 saturated carbocycles. The molecule has 54 heavy (non-hydrogen) atoms. The van der Waals surface area contributed by atoms with Gasteiger partial charge < -0.3 is 36.4 Å². The molecule has 6 N–H and O–H groups in total. The summed E-state index contributed by atoms with van der Waals surface area (Å²) in [5.41, 5.74) is -0.303. The number of nitrogens with one attached hydrogen (secondary N) is 5. The molecule has 0 aliphatic heterocycles. The molecule has 4 aromatic rings. The van der Waals surface area contributed by atoms with E-state index < -0.39 is 90.2 Å². The number of carbonyl (C=O) groups is 4. The van der Waals surface area contributed by atoms with Crippen molar-refractivity contribution in [3.63, 3.8) is 0 Å². The molecule has 0 spiro atoms. The van der Waals surface area contributed by atoms with E-state index in [4.69, 9.17) is 16.3 Å². The molecule has 14 nitrogen and oxygen atoms in total. The van der Waals surface area contributed by atoms with E-state index in [9.17, 15) is 50.6 Å². The fourth-order valence-electron chi connectivity index (χ4n) is 4.82. The van der Waals surface area contributed by atoms with Gasteiger partial charge >= 0.3 is 30.0 Å². The minimum Gasteiger partial charge on any atom is -0.480 e. The Bertz CT molecular complexity index is 2050. The number of carboxylic acids is 1. The highest BCUT2D eigenvalue weighted by Crippen LogP contribution is 2.48. The van der Waals surface area contributed by atoms with E-state index in [1.165, 1.54) is 24.3 Å². The largest absolute Gasteiger partial charge is 0.480 e. The van der Waals surface area contributed by atoms with Crippen molar-refractivity contribution in [2.75, 3.05) is 29.1 Å². The van der Waals surface area contributed by atoms with E-state index in [1.807, 2.05) is 0 Å². The lowest BCUT2D eigenvalue weighted by Crippen LogP contribution is -2.44. The molecule has 1 aliphatic carbocycles. The molecule has 21 heteroatoms. The van der Waals surface area contributed by atoms with Crippen LogP contribution in [0.1, 0.15) is 35.2 Å². The highest BCUT2D eigenvalue weighted by atomic mass is 35.5. The van der Waals surface area contributed by atoms with E-state index >= 15 is 0 Å². The van der Waals surface area contributed by atoms with Crippen LogP contribution < -0.4 is 31.3 Å². The second-order valence-corrected chi connectivity index (χ2v) is 12.1. The minimum atomic E-state index is -4.67. The van der Waals surface area contributed by atoms with Gasteiger partial charge in [0, 0.05) is 22.8 Å². The molecule has 5 rings (SSSR count). The van der Waals surface area contributed by atoms with Crippen LogP contribution in [0, 0.1) is 17.5 Å². The van der Waals surface area contributed by atoms with Crippen molar-refractivity contribution in [3.05, 3.63) is 94.3 Å². The van der Waals surface area contributed by atoms with E-state index in [-0.39, 0.29) is 23.1 Å². The number of nitrogens with zero attached hydrogens (tertiary/aromatic N) is 3. The number of rotatable bonds is 14. The van der Waals surface area contributed by atoms with E-state index in [0.717, 1.165) is 5.56 Å². The summed E-state index contributed by atoms with van der Waals surface area (Å²) >= 11 is 6.00. The molecule has 1 aromatic heterocycles. The molecule has 3 amide bonds. The first-order valence-corrected chi connectivity index (χ1v) is 16.0. The molecular formula is C33H27ClF6N8O6. The maximum Gasteiger partial charge on any atom is 0.422 e. The van der Waals surface area contributed by atoms with Crippen LogP contribution in [0.5, 0.6) is 6.01 Å². The Morgan fingerprint density at radius 3 is 2.17 bits per heavy atom. The van der Waals surface area contributed by atoms with Crippen LogP contribution in [0.15, 0.2) is 60.7 Å². The molecule has 1 heterocycles. The number of hydrogen-bond donors (Lipinski definition) is 6. The Morgan fingerprint density at radius 2 is 1.54 bits per heavy atom. The summed E-state index contributed by atoms with van der Waals surface area (Å²) in [6.45, 7) is -2.12. The summed E-state index contributed by atoms with van der Waals surface area (Å²) < 4.78 is 83.8. The van der Waals surface area contributed by atoms with E-state index in [0.29, 0.717) is 30.0 Å². The van der Waals surface area contributed by atoms with Crippen molar-refractivity contribution in [2.24, 2.45) is 0 Å². The fourth-order valence-corrected chi connectivity index (χ4v) is 4.94. The van der Waals surface area contributed by atoms with Crippen molar-refractivity contribution in [1.82, 2.24) is 25.6 Å². The second-order valence-electron chi connectivity index (χ2n) is 11.7. The maximum atomic E-state index is 13.8. The van der Waals surface area contributed by atoms with Crippen LogP contribution in [0.25, 0.3) is 0 Å². The molecule has 0 bridgehead atoms. The number of hydrogen-bond acceptors (Lipinski definition) is 10. The summed E-state index contributed by atoms with van der Waals surface area (Å²) in [5.74, 6) is -10.6. The van der Waals surface area contributed by atoms with Gasteiger partial charge in [-0.1, -0.05) is 23.7 Å². The van der Waals surface area contributed by atoms with Crippen LogP contribution in [0.4, 0.5) is 49.6 Å². The standard InChI is InChI=1S/C33H27ClF6N8O6/c34-18-5-3-17(4-6-18)32(12-13-32)48-30-45-29(46-31(47-30)54-15-33(38,39)40)42-19-7-1-16(2-8-19)25(49)44-22(28(52)53)11-14-41-26(50)27(51)43-21-10-9-20(35)23(36)24(21)37/h1-10,22H,11-15H2,(H,41,50)(H,43,51)(H,44,49)(H,52,53)(H2,42,45,46,47,48)/t22-/m1/s1. The van der Waals surface area contributed by atoms with Gasteiger partial charge in [-0.05, 0) is 73.4 Å². The molecule has 1 atom stereocenters. The van der Waals surface area contributed by atoms with Gasteiger partial charge in [0.15, 0.2) is 24.1 Å². The molecular weight excluding hydrogens is 754 g/mol. The van der Waals surface area contributed by atoms with Gasteiger partial charge in [0.1, 0.15) is 6.04 Å². The average Bonchev–Trinajstić information content (AvgIpc) is 3.90. The predicted molar refractivity (Wildman–Crippen MR) is 179 cm³/mol. The summed E-state index contributed by atoms with van der Waals surface area (Å²) in [5, 5.41) is 22.1. The SMILES string of the molecule is O=C(NCC[C@@H](NC(=O)c1ccc(Nc2nc(NC3(c4ccc(Cl)cc4)CC3)nc(OCC(F)(F)F)n2)cc1)C(=O)O)C(=O)Nc1ccc(F)c(F)c1F. The van der Waals surface area contributed by atoms with Crippen molar-refractivity contribution in [1.29, 1.82) is 0 Å². The zero-order chi connectivity index (χ0) is 39.2. The third-order valence-electron chi connectivity index (χ3n) is 7.69. The number of alkyl halides is 3. The summed E-state index contributed by atoms with van der Waals surface area (Å²) in [4.78, 5) is 60.9. The predicted octanol–water partition coefficient (Wildman–Crippen LogP) is 5.06. The third kappa shape index (κ3) is 10.2. The van der Waals surface area contributed by atoms with Crippen LogP contribution in [0.3, 0.4) is 0 Å². The first-order chi connectivity index (χ1) is 25.5. The quantitative estimate of drug-likeness (QED) is 0.0569. The Morgan fingerprint density at radius 1 is 0.870 bits per heavy atom. The summed E-state index contributed by atoms with van der Waals surface area (Å²) in [6, 6.07) is 11.4. The van der Waals surface area contributed by atoms with Gasteiger partial charge in [-0.15, -0.1) is 0 Å². The molecule has 284 valence electrons. The molecule has 3 aromatic carbocycles. The molecule has 0 radical (unpaired) electrons. The highest BCUT2D eigenvalue weighted by molar-refractivity contribution is 6.39. The lowest BCUT2D eigenvalue weighted by atomic mass is 10.1. The number of amides is 3. The second kappa shape index (κ2) is 16.2. The topological polar surface area (TPSA) is 197 Å². The smallest absolute Gasteiger partial charge is 0.422 e. The van der Waals surface area contributed by atoms with Crippen molar-refractivity contribution in [3.8, 4) is 6.01 Å². The molecule has 1 fully saturated rings. The Balaban J connectivity index is 1.19. The fraction of sp³-hybridized carbons (Fsp3) is 0.242. The Labute approximate surface area is 305 Å². The normalized spacial score (nSPS) is 13.6.